The Labute approximate surface area is 95.3 Å². The number of rotatable bonds is 5. The Morgan fingerprint density at radius 1 is 1.50 bits per heavy atom. The van der Waals surface area contributed by atoms with E-state index >= 15 is 0 Å². The van der Waals surface area contributed by atoms with Crippen molar-refractivity contribution < 1.29 is 0 Å². The molecule has 1 aromatic rings. The second-order valence-corrected chi connectivity index (χ2v) is 6.05. The van der Waals surface area contributed by atoms with Crippen molar-refractivity contribution in [3.8, 4) is 0 Å². The minimum absolute atomic E-state index is 0.601. The lowest BCUT2D eigenvalue weighted by Crippen LogP contribution is -2.27. The molecule has 1 N–H and O–H groups in total. The van der Waals surface area contributed by atoms with E-state index in [1.165, 1.54) is 21.1 Å². The fourth-order valence-electron chi connectivity index (χ4n) is 1.45. The second kappa shape index (κ2) is 5.79. The predicted molar refractivity (Wildman–Crippen MR) is 68.5 cm³/mol. The molecule has 0 aliphatic heterocycles. The Balaban J connectivity index is 2.41. The Morgan fingerprint density at radius 2 is 2.21 bits per heavy atom. The second-order valence-electron chi connectivity index (χ2n) is 3.68. The molecule has 0 saturated carbocycles. The monoisotopic (exact) mass is 229 g/mol. The number of hydrogen-bond donors (Lipinski definition) is 1. The van der Waals surface area contributed by atoms with Gasteiger partial charge >= 0.3 is 0 Å². The SMILES string of the molecule is CSCC(C)NCc1cc(C)sc1C. The van der Waals surface area contributed by atoms with Crippen molar-refractivity contribution in [2.45, 2.75) is 33.4 Å². The molecule has 0 aromatic carbocycles. The number of nitrogens with one attached hydrogen (secondary N) is 1. The molecule has 1 aromatic heterocycles. The number of thioether (sulfide) groups is 1. The highest BCUT2D eigenvalue weighted by Gasteiger charge is 2.04. The van der Waals surface area contributed by atoms with Crippen LogP contribution in [-0.2, 0) is 6.54 Å². The van der Waals surface area contributed by atoms with Crippen LogP contribution in [0.25, 0.3) is 0 Å². The van der Waals surface area contributed by atoms with Gasteiger partial charge in [0.05, 0.1) is 0 Å². The van der Waals surface area contributed by atoms with Gasteiger partial charge in [0.2, 0.25) is 0 Å². The molecule has 0 amide bonds. The maximum absolute atomic E-state index is 3.54. The molecule has 1 heterocycles. The number of thiophene rings is 1. The summed E-state index contributed by atoms with van der Waals surface area (Å²) in [5, 5.41) is 3.54. The van der Waals surface area contributed by atoms with E-state index < -0.39 is 0 Å². The van der Waals surface area contributed by atoms with Gasteiger partial charge in [-0.25, -0.2) is 0 Å². The van der Waals surface area contributed by atoms with E-state index in [0.29, 0.717) is 6.04 Å². The Bertz CT molecular complexity index is 281. The highest BCUT2D eigenvalue weighted by atomic mass is 32.2. The van der Waals surface area contributed by atoms with Crippen LogP contribution in [0.2, 0.25) is 0 Å². The number of hydrogen-bond acceptors (Lipinski definition) is 3. The molecule has 0 saturated heterocycles. The molecule has 0 radical (unpaired) electrons. The lowest BCUT2D eigenvalue weighted by atomic mass is 10.2. The van der Waals surface area contributed by atoms with Crippen molar-refractivity contribution in [1.29, 1.82) is 0 Å². The first-order valence-electron chi connectivity index (χ1n) is 4.91. The molecular formula is C11H19NS2. The molecule has 0 bridgehead atoms. The van der Waals surface area contributed by atoms with Gasteiger partial charge in [-0.15, -0.1) is 11.3 Å². The Hall–Kier alpha value is 0.01000. The van der Waals surface area contributed by atoms with Crippen molar-refractivity contribution in [2.75, 3.05) is 12.0 Å². The molecular weight excluding hydrogens is 210 g/mol. The van der Waals surface area contributed by atoms with Gasteiger partial charge in [-0.05, 0) is 38.7 Å². The van der Waals surface area contributed by atoms with Crippen LogP contribution in [-0.4, -0.2) is 18.1 Å². The molecule has 1 nitrogen and oxygen atoms in total. The first kappa shape index (κ1) is 12.1. The lowest BCUT2D eigenvalue weighted by Gasteiger charge is -2.11. The summed E-state index contributed by atoms with van der Waals surface area (Å²) >= 11 is 3.78. The summed E-state index contributed by atoms with van der Waals surface area (Å²) in [6.45, 7) is 7.63. The van der Waals surface area contributed by atoms with Gasteiger partial charge < -0.3 is 5.32 Å². The van der Waals surface area contributed by atoms with E-state index in [9.17, 15) is 0 Å². The molecule has 0 aliphatic carbocycles. The van der Waals surface area contributed by atoms with E-state index in [2.05, 4.69) is 38.4 Å². The Morgan fingerprint density at radius 3 is 2.71 bits per heavy atom. The Kier molecular flexibility index (Phi) is 4.99. The van der Waals surface area contributed by atoms with Gasteiger partial charge in [-0.3, -0.25) is 0 Å². The normalized spacial score (nSPS) is 13.1. The van der Waals surface area contributed by atoms with E-state index in [4.69, 9.17) is 0 Å². The molecule has 1 rings (SSSR count). The first-order chi connectivity index (χ1) is 6.63. The van der Waals surface area contributed by atoms with Crippen molar-refractivity contribution in [3.63, 3.8) is 0 Å². The van der Waals surface area contributed by atoms with Crippen LogP contribution in [0.4, 0.5) is 0 Å². The average molecular weight is 229 g/mol. The van der Waals surface area contributed by atoms with Crippen LogP contribution < -0.4 is 5.32 Å². The minimum atomic E-state index is 0.601. The minimum Gasteiger partial charge on any atom is -0.309 e. The average Bonchev–Trinajstić information content (AvgIpc) is 2.42. The summed E-state index contributed by atoms with van der Waals surface area (Å²) in [6, 6.07) is 2.89. The van der Waals surface area contributed by atoms with Crippen LogP contribution in [0, 0.1) is 13.8 Å². The van der Waals surface area contributed by atoms with E-state index in [1.807, 2.05) is 23.1 Å². The predicted octanol–water partition coefficient (Wildman–Crippen LogP) is 3.21. The molecule has 3 heteroatoms. The molecule has 1 unspecified atom stereocenters. The number of aryl methyl sites for hydroxylation is 2. The smallest absolute Gasteiger partial charge is 0.0219 e. The summed E-state index contributed by atoms with van der Waals surface area (Å²) in [7, 11) is 0. The van der Waals surface area contributed by atoms with E-state index in [-0.39, 0.29) is 0 Å². The summed E-state index contributed by atoms with van der Waals surface area (Å²) < 4.78 is 0. The van der Waals surface area contributed by atoms with E-state index in [1.54, 1.807) is 0 Å². The largest absolute Gasteiger partial charge is 0.309 e. The third-order valence-corrected chi connectivity index (χ3v) is 4.04. The van der Waals surface area contributed by atoms with Crippen LogP contribution >= 0.6 is 23.1 Å². The zero-order valence-corrected chi connectivity index (χ0v) is 11.0. The third-order valence-electron chi connectivity index (χ3n) is 2.20. The maximum Gasteiger partial charge on any atom is 0.0219 e. The fraction of sp³-hybridized carbons (Fsp3) is 0.636. The highest BCUT2D eigenvalue weighted by Crippen LogP contribution is 2.20. The standard InChI is InChI=1S/C11H19NS2/c1-8(7-13-4)12-6-11-5-9(2)14-10(11)3/h5,8,12H,6-7H2,1-4H3. The third kappa shape index (κ3) is 3.64. The molecule has 14 heavy (non-hydrogen) atoms. The fourth-order valence-corrected chi connectivity index (χ4v) is 3.02. The summed E-state index contributed by atoms with van der Waals surface area (Å²) in [6.07, 6.45) is 2.15. The zero-order valence-electron chi connectivity index (χ0n) is 9.39. The molecule has 1 atom stereocenters. The van der Waals surface area contributed by atoms with Crippen molar-refractivity contribution in [3.05, 3.63) is 21.4 Å². The molecule has 0 aliphatic rings. The molecule has 0 spiro atoms. The van der Waals surface area contributed by atoms with Gasteiger partial charge in [0, 0.05) is 28.1 Å². The quantitative estimate of drug-likeness (QED) is 0.832. The van der Waals surface area contributed by atoms with Crippen molar-refractivity contribution >= 4 is 23.1 Å². The summed E-state index contributed by atoms with van der Waals surface area (Å²) in [5.74, 6) is 1.18. The highest BCUT2D eigenvalue weighted by molar-refractivity contribution is 7.98. The molecule has 80 valence electrons. The van der Waals surface area contributed by atoms with Crippen LogP contribution in [0.1, 0.15) is 22.2 Å². The van der Waals surface area contributed by atoms with Crippen LogP contribution in [0.5, 0.6) is 0 Å². The van der Waals surface area contributed by atoms with Gasteiger partial charge in [0.25, 0.3) is 0 Å². The van der Waals surface area contributed by atoms with Gasteiger partial charge in [-0.1, -0.05) is 0 Å². The van der Waals surface area contributed by atoms with Crippen molar-refractivity contribution in [2.24, 2.45) is 0 Å². The van der Waals surface area contributed by atoms with Crippen LogP contribution in [0.15, 0.2) is 6.07 Å². The topological polar surface area (TPSA) is 12.0 Å². The zero-order chi connectivity index (χ0) is 10.6. The first-order valence-corrected chi connectivity index (χ1v) is 7.12. The van der Waals surface area contributed by atoms with Crippen molar-refractivity contribution in [1.82, 2.24) is 5.32 Å². The van der Waals surface area contributed by atoms with Gasteiger partial charge in [-0.2, -0.15) is 11.8 Å². The van der Waals surface area contributed by atoms with E-state index in [0.717, 1.165) is 6.54 Å². The van der Waals surface area contributed by atoms with Crippen LogP contribution in [0.3, 0.4) is 0 Å². The van der Waals surface area contributed by atoms with Gasteiger partial charge in [0.1, 0.15) is 0 Å². The lowest BCUT2D eigenvalue weighted by molar-refractivity contribution is 0.596. The molecule has 0 fully saturated rings. The van der Waals surface area contributed by atoms with Gasteiger partial charge in [0.15, 0.2) is 0 Å². The maximum atomic E-state index is 3.54. The summed E-state index contributed by atoms with van der Waals surface area (Å²) in [5.41, 5.74) is 1.46. The summed E-state index contributed by atoms with van der Waals surface area (Å²) in [4.78, 5) is 2.86.